The van der Waals surface area contributed by atoms with Gasteiger partial charge in [0.2, 0.25) is 0 Å². The second-order valence-electron chi connectivity index (χ2n) is 3.37. The van der Waals surface area contributed by atoms with Gasteiger partial charge in [0.05, 0.1) is 5.03 Å². The van der Waals surface area contributed by atoms with E-state index in [0.717, 1.165) is 18.1 Å². The summed E-state index contributed by atoms with van der Waals surface area (Å²) in [5.74, 6) is 0. The Balaban J connectivity index is 0.00000112. The third kappa shape index (κ3) is 4.19. The van der Waals surface area contributed by atoms with Gasteiger partial charge in [-0.15, -0.1) is 11.8 Å². The van der Waals surface area contributed by atoms with E-state index in [4.69, 9.17) is 11.6 Å². The van der Waals surface area contributed by atoms with Crippen LogP contribution in [0.5, 0.6) is 0 Å². The van der Waals surface area contributed by atoms with Crippen LogP contribution in [-0.2, 0) is 0 Å². The number of aromatic nitrogens is 1. The van der Waals surface area contributed by atoms with Crippen LogP contribution in [0.3, 0.4) is 0 Å². The molecule has 1 fully saturated rings. The Morgan fingerprint density at radius 1 is 1.33 bits per heavy atom. The van der Waals surface area contributed by atoms with Gasteiger partial charge in [0.25, 0.3) is 0 Å². The fourth-order valence-corrected chi connectivity index (χ4v) is 2.87. The first kappa shape index (κ1) is 13.1. The first-order chi connectivity index (χ1) is 6.84. The van der Waals surface area contributed by atoms with Crippen LogP contribution in [0.25, 0.3) is 0 Å². The van der Waals surface area contributed by atoms with Gasteiger partial charge >= 0.3 is 0 Å². The second kappa shape index (κ2) is 6.59. The van der Waals surface area contributed by atoms with Crippen LogP contribution in [-0.4, -0.2) is 23.3 Å². The standard InChI is InChI=1S/C10H13ClN2S.ClH/c11-9-2-1-3-10(13-9)14-8-4-6-12-7-5-8;/h1-3,8,12H,4-7H2;1H/p-1. The smallest absolute Gasteiger partial charge is 0.130 e. The van der Waals surface area contributed by atoms with Crippen LogP contribution >= 0.6 is 23.4 Å². The zero-order chi connectivity index (χ0) is 9.80. The van der Waals surface area contributed by atoms with Crippen molar-refractivity contribution in [2.24, 2.45) is 0 Å². The largest absolute Gasteiger partial charge is 1.00 e. The minimum atomic E-state index is 0. The van der Waals surface area contributed by atoms with Crippen LogP contribution in [0.4, 0.5) is 0 Å². The van der Waals surface area contributed by atoms with Crippen molar-refractivity contribution in [1.82, 2.24) is 10.3 Å². The number of piperidine rings is 1. The number of thioether (sulfide) groups is 1. The number of nitrogens with one attached hydrogen (secondary N) is 1. The molecule has 1 aliphatic rings. The zero-order valence-corrected chi connectivity index (χ0v) is 10.6. The van der Waals surface area contributed by atoms with Gasteiger partial charge in [0.1, 0.15) is 5.15 Å². The molecule has 5 heteroatoms. The SMILES string of the molecule is Clc1cccc(SC2CCNCC2)n1.[Cl-]. The fraction of sp³-hybridized carbons (Fsp3) is 0.500. The molecule has 0 atom stereocenters. The van der Waals surface area contributed by atoms with Crippen molar-refractivity contribution in [3.05, 3.63) is 23.4 Å². The van der Waals surface area contributed by atoms with Crippen molar-refractivity contribution in [3.8, 4) is 0 Å². The lowest BCUT2D eigenvalue weighted by Crippen LogP contribution is -3.00. The highest BCUT2D eigenvalue weighted by atomic mass is 35.5. The van der Waals surface area contributed by atoms with Gasteiger partial charge in [-0.25, -0.2) is 4.98 Å². The van der Waals surface area contributed by atoms with Gasteiger partial charge < -0.3 is 17.7 Å². The van der Waals surface area contributed by atoms with Crippen LogP contribution in [0, 0.1) is 0 Å². The highest BCUT2D eigenvalue weighted by Crippen LogP contribution is 2.27. The maximum Gasteiger partial charge on any atom is 0.130 e. The quantitative estimate of drug-likeness (QED) is 0.735. The Kier molecular flexibility index (Phi) is 5.75. The van der Waals surface area contributed by atoms with Crippen LogP contribution < -0.4 is 17.7 Å². The summed E-state index contributed by atoms with van der Waals surface area (Å²) in [6.45, 7) is 2.25. The summed E-state index contributed by atoms with van der Waals surface area (Å²) in [5, 5.41) is 5.68. The lowest BCUT2D eigenvalue weighted by atomic mass is 10.2. The van der Waals surface area contributed by atoms with Gasteiger partial charge in [0.15, 0.2) is 0 Å². The predicted molar refractivity (Wildman–Crippen MR) is 61.0 cm³/mol. The average Bonchev–Trinajstić information content (AvgIpc) is 2.19. The number of hydrogen-bond acceptors (Lipinski definition) is 3. The maximum atomic E-state index is 5.83. The molecule has 1 aromatic heterocycles. The fourth-order valence-electron chi connectivity index (χ4n) is 1.54. The molecule has 0 aromatic carbocycles. The molecule has 0 bridgehead atoms. The van der Waals surface area contributed by atoms with E-state index in [1.54, 1.807) is 0 Å². The van der Waals surface area contributed by atoms with E-state index < -0.39 is 0 Å². The molecule has 1 aromatic rings. The van der Waals surface area contributed by atoms with E-state index >= 15 is 0 Å². The maximum absolute atomic E-state index is 5.83. The van der Waals surface area contributed by atoms with Crippen molar-refractivity contribution in [1.29, 1.82) is 0 Å². The number of halogens is 2. The number of rotatable bonds is 2. The lowest BCUT2D eigenvalue weighted by molar-refractivity contribution is -0.00000281. The Labute approximate surface area is 106 Å². The summed E-state index contributed by atoms with van der Waals surface area (Å²) in [5.41, 5.74) is 0. The van der Waals surface area contributed by atoms with Crippen LogP contribution in [0.1, 0.15) is 12.8 Å². The minimum absolute atomic E-state index is 0. The Hall–Kier alpha value is 0.0400. The summed E-state index contributed by atoms with van der Waals surface area (Å²) >= 11 is 7.67. The van der Waals surface area contributed by atoms with Gasteiger partial charge in [-0.2, -0.15) is 0 Å². The van der Waals surface area contributed by atoms with Crippen molar-refractivity contribution in [2.75, 3.05) is 13.1 Å². The third-order valence-electron chi connectivity index (χ3n) is 2.26. The predicted octanol–water partition coefficient (Wildman–Crippen LogP) is -0.417. The number of nitrogens with zero attached hydrogens (tertiary/aromatic N) is 1. The molecule has 15 heavy (non-hydrogen) atoms. The molecule has 84 valence electrons. The van der Waals surface area contributed by atoms with E-state index in [9.17, 15) is 0 Å². The first-order valence-corrected chi connectivity index (χ1v) is 6.10. The summed E-state index contributed by atoms with van der Waals surface area (Å²) in [6, 6.07) is 5.80. The highest BCUT2D eigenvalue weighted by Gasteiger charge is 2.14. The molecule has 0 spiro atoms. The van der Waals surface area contributed by atoms with E-state index in [0.29, 0.717) is 10.4 Å². The normalized spacial score (nSPS) is 17.1. The molecule has 2 rings (SSSR count). The lowest BCUT2D eigenvalue weighted by Gasteiger charge is -2.21. The molecule has 2 nitrogen and oxygen atoms in total. The average molecular weight is 264 g/mol. The number of hydrogen-bond donors (Lipinski definition) is 1. The van der Waals surface area contributed by atoms with Crippen LogP contribution in [0.2, 0.25) is 5.15 Å². The van der Waals surface area contributed by atoms with Gasteiger partial charge in [-0.05, 0) is 38.1 Å². The van der Waals surface area contributed by atoms with Crippen molar-refractivity contribution in [2.45, 2.75) is 23.1 Å². The summed E-state index contributed by atoms with van der Waals surface area (Å²) in [4.78, 5) is 4.28. The first-order valence-electron chi connectivity index (χ1n) is 4.84. The van der Waals surface area contributed by atoms with Gasteiger partial charge in [0, 0.05) is 5.25 Å². The molecular weight excluding hydrogens is 251 g/mol. The molecule has 2 heterocycles. The summed E-state index contributed by atoms with van der Waals surface area (Å²) < 4.78 is 0. The van der Waals surface area contributed by atoms with Crippen LogP contribution in [0.15, 0.2) is 23.2 Å². The molecule has 1 saturated heterocycles. The van der Waals surface area contributed by atoms with Crippen molar-refractivity contribution < 1.29 is 12.4 Å². The number of pyridine rings is 1. The van der Waals surface area contributed by atoms with Gasteiger partial charge in [-0.1, -0.05) is 17.7 Å². The topological polar surface area (TPSA) is 24.9 Å². The molecule has 0 amide bonds. The third-order valence-corrected chi connectivity index (χ3v) is 3.75. The summed E-state index contributed by atoms with van der Waals surface area (Å²) in [7, 11) is 0. The van der Waals surface area contributed by atoms with Gasteiger partial charge in [-0.3, -0.25) is 0 Å². The van der Waals surface area contributed by atoms with E-state index in [-0.39, 0.29) is 12.4 Å². The van der Waals surface area contributed by atoms with Crippen molar-refractivity contribution >= 4 is 23.4 Å². The Morgan fingerprint density at radius 3 is 2.73 bits per heavy atom. The van der Waals surface area contributed by atoms with Crippen molar-refractivity contribution in [3.63, 3.8) is 0 Å². The molecule has 0 saturated carbocycles. The van der Waals surface area contributed by atoms with E-state index in [1.165, 1.54) is 12.8 Å². The molecular formula is C10H13Cl2N2S-. The minimum Gasteiger partial charge on any atom is -1.00 e. The zero-order valence-electron chi connectivity index (χ0n) is 8.25. The molecule has 0 unspecified atom stereocenters. The molecule has 0 aliphatic carbocycles. The highest BCUT2D eigenvalue weighted by molar-refractivity contribution is 7.99. The van der Waals surface area contributed by atoms with E-state index in [2.05, 4.69) is 10.3 Å². The summed E-state index contributed by atoms with van der Waals surface area (Å²) in [6.07, 6.45) is 2.44. The molecule has 1 aliphatic heterocycles. The van der Waals surface area contributed by atoms with E-state index in [1.807, 2.05) is 30.0 Å². The Bertz CT molecular complexity index is 303. The molecule has 1 N–H and O–H groups in total. The monoisotopic (exact) mass is 263 g/mol. The molecule has 0 radical (unpaired) electrons. The Morgan fingerprint density at radius 2 is 2.07 bits per heavy atom. The second-order valence-corrected chi connectivity index (χ2v) is 5.07.